The van der Waals surface area contributed by atoms with Gasteiger partial charge in [0.15, 0.2) is 0 Å². The molecular weight excluding hydrogens is 268 g/mol. The molecule has 1 aliphatic rings. The molecule has 0 spiro atoms. The van der Waals surface area contributed by atoms with E-state index < -0.39 is 0 Å². The predicted octanol–water partition coefficient (Wildman–Crippen LogP) is 5.21. The summed E-state index contributed by atoms with van der Waals surface area (Å²) in [6, 6.07) is 8.89. The number of hydrogen-bond donors (Lipinski definition) is 0. The molecule has 1 fully saturated rings. The van der Waals surface area contributed by atoms with Crippen molar-refractivity contribution >= 4 is 0 Å². The Kier molecular flexibility index (Phi) is 4.56. The summed E-state index contributed by atoms with van der Waals surface area (Å²) < 4.78 is 0. The minimum absolute atomic E-state index is 0.560. The van der Waals surface area contributed by atoms with Crippen molar-refractivity contribution in [2.75, 3.05) is 0 Å². The number of aromatic nitrogens is 2. The molecule has 2 heteroatoms. The number of pyridine rings is 2. The molecule has 1 unspecified atom stereocenters. The van der Waals surface area contributed by atoms with Crippen molar-refractivity contribution in [1.82, 2.24) is 9.97 Å². The lowest BCUT2D eigenvalue weighted by Crippen LogP contribution is -2.00. The van der Waals surface area contributed by atoms with Crippen LogP contribution in [0, 0.1) is 0 Å². The van der Waals surface area contributed by atoms with E-state index in [0.717, 1.165) is 18.8 Å². The summed E-state index contributed by atoms with van der Waals surface area (Å²) in [5, 5.41) is 0. The van der Waals surface area contributed by atoms with Crippen molar-refractivity contribution in [3.8, 4) is 0 Å². The molecular formula is C20H26N2. The second-order valence-electron chi connectivity index (χ2n) is 6.96. The van der Waals surface area contributed by atoms with Gasteiger partial charge in [-0.3, -0.25) is 9.97 Å². The maximum absolute atomic E-state index is 4.53. The lowest BCUT2D eigenvalue weighted by molar-refractivity contribution is 0.666. The Labute approximate surface area is 134 Å². The van der Waals surface area contributed by atoms with Gasteiger partial charge in [-0.05, 0) is 72.9 Å². The van der Waals surface area contributed by atoms with Crippen molar-refractivity contribution in [3.05, 3.63) is 59.2 Å². The summed E-state index contributed by atoms with van der Waals surface area (Å²) in [5.74, 6) is 1.86. The minimum Gasteiger partial charge on any atom is -0.261 e. The number of aryl methyl sites for hydroxylation is 1. The topological polar surface area (TPSA) is 25.8 Å². The Morgan fingerprint density at radius 3 is 2.45 bits per heavy atom. The van der Waals surface area contributed by atoms with Crippen LogP contribution < -0.4 is 0 Å². The van der Waals surface area contributed by atoms with E-state index in [1.807, 2.05) is 12.4 Å². The van der Waals surface area contributed by atoms with E-state index in [0.29, 0.717) is 11.8 Å². The molecule has 0 aromatic carbocycles. The first-order chi connectivity index (χ1) is 10.6. The predicted molar refractivity (Wildman–Crippen MR) is 91.3 cm³/mol. The molecule has 0 bridgehead atoms. The molecule has 0 saturated heterocycles. The Bertz CT molecular complexity index is 629. The zero-order valence-corrected chi connectivity index (χ0v) is 13.9. The number of nitrogens with zero attached hydrogens (tertiary/aromatic N) is 2. The zero-order chi connectivity index (χ0) is 15.5. The van der Waals surface area contributed by atoms with Crippen molar-refractivity contribution < 1.29 is 0 Å². The van der Waals surface area contributed by atoms with Crippen molar-refractivity contribution in [2.24, 2.45) is 0 Å². The fourth-order valence-corrected chi connectivity index (χ4v) is 2.90. The van der Waals surface area contributed by atoms with E-state index in [4.69, 9.17) is 0 Å². The van der Waals surface area contributed by atoms with Gasteiger partial charge in [-0.15, -0.1) is 0 Å². The van der Waals surface area contributed by atoms with Gasteiger partial charge in [0.25, 0.3) is 0 Å². The van der Waals surface area contributed by atoms with Crippen LogP contribution in [0.1, 0.15) is 80.3 Å². The van der Waals surface area contributed by atoms with E-state index in [1.165, 1.54) is 35.4 Å². The van der Waals surface area contributed by atoms with Crippen LogP contribution >= 0.6 is 0 Å². The van der Waals surface area contributed by atoms with E-state index >= 15 is 0 Å². The number of hydrogen-bond acceptors (Lipinski definition) is 2. The van der Waals surface area contributed by atoms with Gasteiger partial charge in [-0.25, -0.2) is 0 Å². The molecule has 116 valence electrons. The minimum atomic E-state index is 0.560. The fraction of sp³-hybridized carbons (Fsp3) is 0.500. The van der Waals surface area contributed by atoms with Crippen LogP contribution in [0.2, 0.25) is 0 Å². The lowest BCUT2D eigenvalue weighted by atomic mass is 9.94. The van der Waals surface area contributed by atoms with E-state index in [-0.39, 0.29) is 0 Å². The first-order valence-corrected chi connectivity index (χ1v) is 8.54. The van der Waals surface area contributed by atoms with Gasteiger partial charge >= 0.3 is 0 Å². The van der Waals surface area contributed by atoms with Crippen LogP contribution in [-0.2, 0) is 6.42 Å². The normalized spacial score (nSPS) is 16.0. The first-order valence-electron chi connectivity index (χ1n) is 8.54. The van der Waals surface area contributed by atoms with Crippen LogP contribution in [0.4, 0.5) is 0 Å². The second kappa shape index (κ2) is 6.60. The molecule has 2 nitrogen and oxygen atoms in total. The molecule has 3 rings (SSSR count). The van der Waals surface area contributed by atoms with Gasteiger partial charge in [0, 0.05) is 29.7 Å². The molecule has 0 N–H and O–H groups in total. The van der Waals surface area contributed by atoms with E-state index in [9.17, 15) is 0 Å². The van der Waals surface area contributed by atoms with Crippen LogP contribution in [-0.4, -0.2) is 9.97 Å². The average Bonchev–Trinajstić information content (AvgIpc) is 3.38. The molecule has 2 heterocycles. The van der Waals surface area contributed by atoms with Gasteiger partial charge in [0.05, 0.1) is 0 Å². The third-order valence-corrected chi connectivity index (χ3v) is 4.71. The largest absolute Gasteiger partial charge is 0.261 e. The smallest absolute Gasteiger partial charge is 0.0437 e. The van der Waals surface area contributed by atoms with E-state index in [2.05, 4.69) is 55.0 Å². The van der Waals surface area contributed by atoms with Gasteiger partial charge in [0.1, 0.15) is 0 Å². The third-order valence-electron chi connectivity index (χ3n) is 4.71. The molecule has 22 heavy (non-hydrogen) atoms. The molecule has 2 aromatic heterocycles. The van der Waals surface area contributed by atoms with Crippen molar-refractivity contribution in [3.63, 3.8) is 0 Å². The lowest BCUT2D eigenvalue weighted by Gasteiger charge is -2.13. The monoisotopic (exact) mass is 294 g/mol. The van der Waals surface area contributed by atoms with Crippen LogP contribution in [0.5, 0.6) is 0 Å². The van der Waals surface area contributed by atoms with E-state index in [1.54, 1.807) is 0 Å². The fourth-order valence-electron chi connectivity index (χ4n) is 2.90. The highest BCUT2D eigenvalue weighted by Gasteiger charge is 2.25. The maximum Gasteiger partial charge on any atom is 0.0437 e. The SMILES string of the molecule is CC(C)c1ccnc(CCC(C)c2ccnc(C3CC3)c2)c1. The molecule has 0 radical (unpaired) electrons. The van der Waals surface area contributed by atoms with Crippen LogP contribution in [0.25, 0.3) is 0 Å². The molecule has 2 aromatic rings. The second-order valence-corrected chi connectivity index (χ2v) is 6.96. The Morgan fingerprint density at radius 2 is 1.73 bits per heavy atom. The first kappa shape index (κ1) is 15.2. The molecule has 0 aliphatic heterocycles. The highest BCUT2D eigenvalue weighted by molar-refractivity contribution is 5.25. The summed E-state index contributed by atoms with van der Waals surface area (Å²) in [5.41, 5.74) is 5.33. The molecule has 1 saturated carbocycles. The highest BCUT2D eigenvalue weighted by atomic mass is 14.7. The summed E-state index contributed by atoms with van der Waals surface area (Å²) in [4.78, 5) is 9.05. The molecule has 1 aliphatic carbocycles. The summed E-state index contributed by atoms with van der Waals surface area (Å²) >= 11 is 0. The standard InChI is InChI=1S/C20H26N2/c1-14(2)17-8-10-21-19(12-17)7-4-15(3)18-9-11-22-20(13-18)16-5-6-16/h8-16H,4-7H2,1-3H3. The molecule has 1 atom stereocenters. The third kappa shape index (κ3) is 3.73. The van der Waals surface area contributed by atoms with Crippen molar-refractivity contribution in [2.45, 2.75) is 64.2 Å². The average molecular weight is 294 g/mol. The summed E-state index contributed by atoms with van der Waals surface area (Å²) in [6.07, 6.45) is 8.75. The highest BCUT2D eigenvalue weighted by Crippen LogP contribution is 2.39. The Morgan fingerprint density at radius 1 is 1.00 bits per heavy atom. The summed E-state index contributed by atoms with van der Waals surface area (Å²) in [6.45, 7) is 6.79. The van der Waals surface area contributed by atoms with Gasteiger partial charge in [-0.2, -0.15) is 0 Å². The Hall–Kier alpha value is -1.70. The maximum atomic E-state index is 4.53. The summed E-state index contributed by atoms with van der Waals surface area (Å²) in [7, 11) is 0. The quantitative estimate of drug-likeness (QED) is 0.730. The zero-order valence-electron chi connectivity index (χ0n) is 13.9. The van der Waals surface area contributed by atoms with Gasteiger partial charge < -0.3 is 0 Å². The molecule has 0 amide bonds. The van der Waals surface area contributed by atoms with Crippen LogP contribution in [0.3, 0.4) is 0 Å². The van der Waals surface area contributed by atoms with Crippen molar-refractivity contribution in [1.29, 1.82) is 0 Å². The van der Waals surface area contributed by atoms with Gasteiger partial charge in [0.2, 0.25) is 0 Å². The van der Waals surface area contributed by atoms with Gasteiger partial charge in [-0.1, -0.05) is 20.8 Å². The van der Waals surface area contributed by atoms with Crippen LogP contribution in [0.15, 0.2) is 36.7 Å². The Balaban J connectivity index is 1.63. The number of rotatable bonds is 6.